The highest BCUT2D eigenvalue weighted by Gasteiger charge is 2.32. The van der Waals surface area contributed by atoms with Gasteiger partial charge in [0, 0.05) is 25.2 Å². The zero-order valence-electron chi connectivity index (χ0n) is 15.2. The number of benzene rings is 1. The Hall–Kier alpha value is -3.03. The summed E-state index contributed by atoms with van der Waals surface area (Å²) in [5, 5.41) is 2.52. The van der Waals surface area contributed by atoms with Crippen molar-refractivity contribution in [3.05, 3.63) is 47.7 Å². The SMILES string of the molecule is CC(=O)NCC(=O)N1CCC[C@@H]1c1nc(C)cc(Oc2ccccc2F)n1. The van der Waals surface area contributed by atoms with E-state index in [9.17, 15) is 14.0 Å². The van der Waals surface area contributed by atoms with E-state index in [0.717, 1.165) is 6.42 Å². The zero-order chi connectivity index (χ0) is 19.4. The molecule has 0 bridgehead atoms. The number of hydrogen-bond acceptors (Lipinski definition) is 5. The maximum absolute atomic E-state index is 13.8. The van der Waals surface area contributed by atoms with E-state index >= 15 is 0 Å². The van der Waals surface area contributed by atoms with Crippen LogP contribution in [0.5, 0.6) is 11.6 Å². The fourth-order valence-corrected chi connectivity index (χ4v) is 3.04. The average molecular weight is 372 g/mol. The Morgan fingerprint density at radius 2 is 2.11 bits per heavy atom. The Kier molecular flexibility index (Phi) is 5.63. The van der Waals surface area contributed by atoms with E-state index in [4.69, 9.17) is 4.74 Å². The molecule has 1 N–H and O–H groups in total. The van der Waals surface area contributed by atoms with Gasteiger partial charge >= 0.3 is 0 Å². The maximum Gasteiger partial charge on any atom is 0.242 e. The van der Waals surface area contributed by atoms with Crippen LogP contribution in [0.15, 0.2) is 30.3 Å². The van der Waals surface area contributed by atoms with Crippen LogP contribution in [0.25, 0.3) is 0 Å². The summed E-state index contributed by atoms with van der Waals surface area (Å²) in [4.78, 5) is 34.0. The molecular formula is C19H21FN4O3. The van der Waals surface area contributed by atoms with Crippen LogP contribution < -0.4 is 10.1 Å². The molecule has 0 aliphatic carbocycles. The lowest BCUT2D eigenvalue weighted by Gasteiger charge is -2.24. The van der Waals surface area contributed by atoms with E-state index in [1.165, 1.54) is 19.1 Å². The summed E-state index contributed by atoms with van der Waals surface area (Å²) in [6.07, 6.45) is 1.53. The van der Waals surface area contributed by atoms with Gasteiger partial charge < -0.3 is 15.0 Å². The molecule has 1 atom stereocenters. The van der Waals surface area contributed by atoms with E-state index in [-0.39, 0.29) is 36.0 Å². The van der Waals surface area contributed by atoms with Gasteiger partial charge in [-0.1, -0.05) is 12.1 Å². The molecule has 2 amide bonds. The van der Waals surface area contributed by atoms with Crippen molar-refractivity contribution in [2.45, 2.75) is 32.7 Å². The van der Waals surface area contributed by atoms with Crippen molar-refractivity contribution < 1.29 is 18.7 Å². The molecule has 1 saturated heterocycles. The summed E-state index contributed by atoms with van der Waals surface area (Å²) >= 11 is 0. The Balaban J connectivity index is 1.81. The first-order chi connectivity index (χ1) is 12.9. The van der Waals surface area contributed by atoms with Crippen molar-refractivity contribution in [1.29, 1.82) is 0 Å². The molecule has 1 aliphatic rings. The minimum absolute atomic E-state index is 0.0593. The molecule has 1 aromatic heterocycles. The summed E-state index contributed by atoms with van der Waals surface area (Å²) in [6.45, 7) is 3.67. The molecule has 1 aromatic carbocycles. The van der Waals surface area contributed by atoms with Gasteiger partial charge in [-0.15, -0.1) is 0 Å². The van der Waals surface area contributed by atoms with Crippen LogP contribution in [0.4, 0.5) is 4.39 Å². The van der Waals surface area contributed by atoms with Crippen molar-refractivity contribution in [2.24, 2.45) is 0 Å². The maximum atomic E-state index is 13.8. The largest absolute Gasteiger partial charge is 0.436 e. The monoisotopic (exact) mass is 372 g/mol. The number of hydrogen-bond donors (Lipinski definition) is 1. The predicted molar refractivity (Wildman–Crippen MR) is 95.6 cm³/mol. The number of aromatic nitrogens is 2. The Morgan fingerprint density at radius 3 is 2.85 bits per heavy atom. The lowest BCUT2D eigenvalue weighted by molar-refractivity contribution is -0.133. The van der Waals surface area contributed by atoms with Gasteiger partial charge in [0.05, 0.1) is 12.6 Å². The minimum Gasteiger partial charge on any atom is -0.436 e. The molecule has 3 rings (SSSR count). The van der Waals surface area contributed by atoms with Gasteiger partial charge in [0.1, 0.15) is 0 Å². The molecule has 142 valence electrons. The van der Waals surface area contributed by atoms with Crippen LogP contribution in [0.2, 0.25) is 0 Å². The van der Waals surface area contributed by atoms with Crippen molar-refractivity contribution in [2.75, 3.05) is 13.1 Å². The van der Waals surface area contributed by atoms with Crippen LogP contribution in [0.3, 0.4) is 0 Å². The summed E-state index contributed by atoms with van der Waals surface area (Å²) in [6, 6.07) is 7.40. The normalized spacial score (nSPS) is 16.3. The number of para-hydroxylation sites is 1. The molecule has 2 aromatic rings. The van der Waals surface area contributed by atoms with Crippen LogP contribution >= 0.6 is 0 Å². The number of nitrogens with zero attached hydrogens (tertiary/aromatic N) is 3. The van der Waals surface area contributed by atoms with Crippen LogP contribution in [-0.2, 0) is 9.59 Å². The standard InChI is InChI=1S/C19H21FN4O3/c1-12-10-17(27-16-8-4-3-6-14(16)20)23-19(22-12)15-7-5-9-24(15)18(26)11-21-13(2)25/h3-4,6,8,10,15H,5,7,9,11H2,1-2H3,(H,21,25)/t15-/m1/s1. The molecule has 1 aliphatic heterocycles. The van der Waals surface area contributed by atoms with E-state index in [2.05, 4.69) is 15.3 Å². The average Bonchev–Trinajstić information content (AvgIpc) is 3.11. The molecular weight excluding hydrogens is 351 g/mol. The Morgan fingerprint density at radius 1 is 1.33 bits per heavy atom. The third-order valence-corrected chi connectivity index (χ3v) is 4.26. The molecule has 0 saturated carbocycles. The predicted octanol–water partition coefficient (Wildman–Crippen LogP) is 2.52. The molecule has 1 fully saturated rings. The molecule has 8 heteroatoms. The van der Waals surface area contributed by atoms with Crippen molar-refractivity contribution >= 4 is 11.8 Å². The summed E-state index contributed by atoms with van der Waals surface area (Å²) < 4.78 is 19.4. The fraction of sp³-hybridized carbons (Fsp3) is 0.368. The number of carbonyl (C=O) groups excluding carboxylic acids is 2. The van der Waals surface area contributed by atoms with Gasteiger partial charge in [0.2, 0.25) is 17.7 Å². The van der Waals surface area contributed by atoms with Gasteiger partial charge in [-0.2, -0.15) is 4.98 Å². The molecule has 7 nitrogen and oxygen atoms in total. The summed E-state index contributed by atoms with van der Waals surface area (Å²) in [5.74, 6) is -0.172. The summed E-state index contributed by atoms with van der Waals surface area (Å²) in [7, 11) is 0. The van der Waals surface area contributed by atoms with Gasteiger partial charge in [0.15, 0.2) is 17.4 Å². The second-order valence-electron chi connectivity index (χ2n) is 6.39. The highest BCUT2D eigenvalue weighted by Crippen LogP contribution is 2.32. The van der Waals surface area contributed by atoms with Crippen LogP contribution in [-0.4, -0.2) is 39.8 Å². The quantitative estimate of drug-likeness (QED) is 0.872. The topological polar surface area (TPSA) is 84.4 Å². The van der Waals surface area contributed by atoms with Gasteiger partial charge in [0.25, 0.3) is 0 Å². The fourth-order valence-electron chi connectivity index (χ4n) is 3.04. The third-order valence-electron chi connectivity index (χ3n) is 4.26. The van der Waals surface area contributed by atoms with Crippen LogP contribution in [0, 0.1) is 12.7 Å². The lowest BCUT2D eigenvalue weighted by Crippen LogP contribution is -2.39. The molecule has 27 heavy (non-hydrogen) atoms. The number of nitrogens with one attached hydrogen (secondary N) is 1. The lowest BCUT2D eigenvalue weighted by atomic mass is 10.2. The number of halogens is 1. The first-order valence-corrected chi connectivity index (χ1v) is 8.76. The molecule has 0 unspecified atom stereocenters. The molecule has 0 spiro atoms. The van der Waals surface area contributed by atoms with Gasteiger partial charge in [-0.05, 0) is 31.9 Å². The van der Waals surface area contributed by atoms with Gasteiger partial charge in [-0.25, -0.2) is 9.37 Å². The Labute approximate surface area is 156 Å². The number of amides is 2. The molecule has 2 heterocycles. The number of rotatable bonds is 5. The first kappa shape index (κ1) is 18.8. The van der Waals surface area contributed by atoms with Crippen molar-refractivity contribution in [3.63, 3.8) is 0 Å². The van der Waals surface area contributed by atoms with E-state index in [0.29, 0.717) is 24.5 Å². The number of carbonyl (C=O) groups is 2. The smallest absolute Gasteiger partial charge is 0.242 e. The van der Waals surface area contributed by atoms with Crippen molar-refractivity contribution in [1.82, 2.24) is 20.2 Å². The molecule has 0 radical (unpaired) electrons. The minimum atomic E-state index is -0.483. The highest BCUT2D eigenvalue weighted by atomic mass is 19.1. The zero-order valence-corrected chi connectivity index (χ0v) is 15.2. The number of likely N-dealkylation sites (tertiary alicyclic amines) is 1. The van der Waals surface area contributed by atoms with Gasteiger partial charge in [-0.3, -0.25) is 9.59 Å². The Bertz CT molecular complexity index is 859. The van der Waals surface area contributed by atoms with Crippen LogP contribution in [0.1, 0.15) is 37.3 Å². The third kappa shape index (κ3) is 4.58. The highest BCUT2D eigenvalue weighted by molar-refractivity contribution is 5.84. The second kappa shape index (κ2) is 8.11. The second-order valence-corrected chi connectivity index (χ2v) is 6.39. The number of ether oxygens (including phenoxy) is 1. The first-order valence-electron chi connectivity index (χ1n) is 8.76. The van der Waals surface area contributed by atoms with Crippen molar-refractivity contribution in [3.8, 4) is 11.6 Å². The summed E-state index contributed by atoms with van der Waals surface area (Å²) in [5.41, 5.74) is 0.660. The number of aryl methyl sites for hydroxylation is 1. The van der Waals surface area contributed by atoms with E-state index < -0.39 is 5.82 Å². The van der Waals surface area contributed by atoms with E-state index in [1.54, 1.807) is 30.0 Å². The van der Waals surface area contributed by atoms with E-state index in [1.807, 2.05) is 0 Å².